The monoisotopic (exact) mass is 373 g/mol. The third kappa shape index (κ3) is 3.92. The first-order chi connectivity index (χ1) is 12.7. The minimum Gasteiger partial charge on any atom is -0.390 e. The zero-order valence-electron chi connectivity index (χ0n) is 14.6. The van der Waals surface area contributed by atoms with Gasteiger partial charge >= 0.3 is 0 Å². The number of aryl methyl sites for hydroxylation is 2. The van der Waals surface area contributed by atoms with Crippen LogP contribution in [0, 0.1) is 0 Å². The van der Waals surface area contributed by atoms with E-state index in [0.717, 1.165) is 30.9 Å². The summed E-state index contributed by atoms with van der Waals surface area (Å²) >= 11 is 1.82. The molecule has 2 N–H and O–H groups in total. The van der Waals surface area contributed by atoms with Crippen LogP contribution in [-0.4, -0.2) is 56.1 Å². The van der Waals surface area contributed by atoms with Gasteiger partial charge in [-0.15, -0.1) is 11.3 Å². The van der Waals surface area contributed by atoms with Crippen LogP contribution < -0.4 is 5.32 Å². The van der Waals surface area contributed by atoms with Gasteiger partial charge in [0.1, 0.15) is 10.7 Å². The average molecular weight is 373 g/mol. The largest absolute Gasteiger partial charge is 0.390 e. The molecule has 0 aromatic carbocycles. The molecule has 1 amide bonds. The quantitative estimate of drug-likeness (QED) is 0.836. The minimum absolute atomic E-state index is 0.259. The second-order valence-electron chi connectivity index (χ2n) is 6.95. The third-order valence-corrected chi connectivity index (χ3v) is 6.17. The first-order valence-electron chi connectivity index (χ1n) is 9.14. The fourth-order valence-corrected chi connectivity index (χ4v) is 4.83. The molecule has 8 heteroatoms. The number of piperidine rings is 1. The third-order valence-electron chi connectivity index (χ3n) is 5.03. The maximum absolute atomic E-state index is 12.2. The molecular weight excluding hydrogens is 350 g/mol. The Labute approximate surface area is 156 Å². The second-order valence-corrected chi connectivity index (χ2v) is 8.11. The van der Waals surface area contributed by atoms with Crippen LogP contribution in [0.1, 0.15) is 45.3 Å². The first kappa shape index (κ1) is 17.5. The Balaban J connectivity index is 1.32. The predicted octanol–water partition coefficient (Wildman–Crippen LogP) is 1.18. The van der Waals surface area contributed by atoms with E-state index in [2.05, 4.69) is 20.2 Å². The number of hydrogen-bond acceptors (Lipinski definition) is 7. The minimum atomic E-state index is -0.598. The van der Waals surface area contributed by atoms with E-state index in [1.807, 2.05) is 11.3 Å². The van der Waals surface area contributed by atoms with Gasteiger partial charge < -0.3 is 10.4 Å². The highest BCUT2D eigenvalue weighted by molar-refractivity contribution is 7.11. The fourth-order valence-electron chi connectivity index (χ4n) is 3.63. The molecule has 1 aliphatic heterocycles. The maximum Gasteiger partial charge on any atom is 0.271 e. The SMILES string of the molecule is O=C(N[C@@H]1CCN(Cc2nc3c(s2)CCCC3)C[C@H]1O)c1cnccn1. The predicted molar refractivity (Wildman–Crippen MR) is 97.9 cm³/mol. The highest BCUT2D eigenvalue weighted by Gasteiger charge is 2.30. The smallest absolute Gasteiger partial charge is 0.271 e. The first-order valence-corrected chi connectivity index (χ1v) is 9.95. The number of carbonyl (C=O) groups excluding carboxylic acids is 1. The molecular formula is C18H23N5O2S. The Bertz CT molecular complexity index is 743. The molecule has 7 nitrogen and oxygen atoms in total. The van der Waals surface area contributed by atoms with Gasteiger partial charge in [0.15, 0.2) is 0 Å². The van der Waals surface area contributed by atoms with Crippen LogP contribution in [0.2, 0.25) is 0 Å². The maximum atomic E-state index is 12.2. The highest BCUT2D eigenvalue weighted by Crippen LogP contribution is 2.28. The van der Waals surface area contributed by atoms with E-state index in [0.29, 0.717) is 13.0 Å². The topological polar surface area (TPSA) is 91.2 Å². The lowest BCUT2D eigenvalue weighted by Crippen LogP contribution is -2.53. The van der Waals surface area contributed by atoms with Crippen LogP contribution in [0.15, 0.2) is 18.6 Å². The standard InChI is InChI=1S/C18H23N5O2S/c24-15-10-23(11-17-21-13-3-1-2-4-16(13)26-17)8-5-12(15)22-18(25)14-9-19-6-7-20-14/h6-7,9,12,15,24H,1-5,8,10-11H2,(H,22,25)/t12-,15-/m1/s1. The Morgan fingerprint density at radius 2 is 2.23 bits per heavy atom. The van der Waals surface area contributed by atoms with E-state index >= 15 is 0 Å². The number of likely N-dealkylation sites (tertiary alicyclic amines) is 1. The van der Waals surface area contributed by atoms with Crippen LogP contribution >= 0.6 is 11.3 Å². The molecule has 3 heterocycles. The van der Waals surface area contributed by atoms with Crippen molar-refractivity contribution in [1.82, 2.24) is 25.2 Å². The molecule has 2 aromatic rings. The van der Waals surface area contributed by atoms with Crippen molar-refractivity contribution in [1.29, 1.82) is 0 Å². The Morgan fingerprint density at radius 3 is 3.00 bits per heavy atom. The summed E-state index contributed by atoms with van der Waals surface area (Å²) in [5.41, 5.74) is 1.55. The number of nitrogens with one attached hydrogen (secondary N) is 1. The van der Waals surface area contributed by atoms with E-state index in [1.54, 1.807) is 0 Å². The number of fused-ring (bicyclic) bond motifs is 1. The molecule has 0 saturated carbocycles. The molecule has 2 aliphatic rings. The Kier molecular flexibility index (Phi) is 5.23. The molecule has 1 fully saturated rings. The normalized spacial score (nSPS) is 23.4. The number of hydrogen-bond donors (Lipinski definition) is 2. The summed E-state index contributed by atoms with van der Waals surface area (Å²) in [5.74, 6) is -0.289. The van der Waals surface area contributed by atoms with Gasteiger partial charge in [0.05, 0.1) is 30.6 Å². The van der Waals surface area contributed by atoms with Crippen molar-refractivity contribution < 1.29 is 9.90 Å². The van der Waals surface area contributed by atoms with E-state index in [4.69, 9.17) is 4.98 Å². The van der Waals surface area contributed by atoms with Crippen LogP contribution in [-0.2, 0) is 19.4 Å². The van der Waals surface area contributed by atoms with Crippen LogP contribution in [0.3, 0.4) is 0 Å². The molecule has 1 aliphatic carbocycles. The van der Waals surface area contributed by atoms with Gasteiger partial charge in [-0.2, -0.15) is 0 Å². The van der Waals surface area contributed by atoms with Crippen LogP contribution in [0.5, 0.6) is 0 Å². The van der Waals surface area contributed by atoms with E-state index in [-0.39, 0.29) is 17.6 Å². The Morgan fingerprint density at radius 1 is 1.35 bits per heavy atom. The molecule has 0 radical (unpaired) electrons. The van der Waals surface area contributed by atoms with Crippen molar-refractivity contribution in [2.45, 2.75) is 50.8 Å². The van der Waals surface area contributed by atoms with E-state index in [1.165, 1.54) is 42.0 Å². The molecule has 0 spiro atoms. The van der Waals surface area contributed by atoms with Crippen molar-refractivity contribution >= 4 is 17.2 Å². The van der Waals surface area contributed by atoms with Crippen molar-refractivity contribution in [3.63, 3.8) is 0 Å². The number of nitrogens with zero attached hydrogens (tertiary/aromatic N) is 4. The van der Waals surface area contributed by atoms with Crippen LogP contribution in [0.4, 0.5) is 0 Å². The van der Waals surface area contributed by atoms with Gasteiger partial charge in [-0.05, 0) is 32.1 Å². The van der Waals surface area contributed by atoms with Crippen molar-refractivity contribution in [2.75, 3.05) is 13.1 Å². The summed E-state index contributed by atoms with van der Waals surface area (Å²) < 4.78 is 0. The molecule has 0 bridgehead atoms. The van der Waals surface area contributed by atoms with Gasteiger partial charge in [0.2, 0.25) is 0 Å². The van der Waals surface area contributed by atoms with Crippen LogP contribution in [0.25, 0.3) is 0 Å². The number of aliphatic hydroxyl groups excluding tert-OH is 1. The lowest BCUT2D eigenvalue weighted by Gasteiger charge is -2.35. The number of carbonyl (C=O) groups is 1. The molecule has 2 aromatic heterocycles. The summed E-state index contributed by atoms with van der Waals surface area (Å²) in [4.78, 5) is 28.6. The zero-order chi connectivity index (χ0) is 17.9. The number of rotatable bonds is 4. The Hall–Kier alpha value is -1.90. The van der Waals surface area contributed by atoms with Gasteiger partial charge in [-0.25, -0.2) is 9.97 Å². The fraction of sp³-hybridized carbons (Fsp3) is 0.556. The number of aliphatic hydroxyl groups is 1. The number of thiazole rings is 1. The molecule has 0 unspecified atom stereocenters. The number of β-amino-alcohol motifs (C(OH)–C–C–N with tert-alkyl or cyclic N) is 1. The molecule has 1 saturated heterocycles. The average Bonchev–Trinajstić information content (AvgIpc) is 3.07. The van der Waals surface area contributed by atoms with Crippen molar-refractivity contribution in [3.05, 3.63) is 39.9 Å². The summed E-state index contributed by atoms with van der Waals surface area (Å²) in [6.07, 6.45) is 9.33. The number of amides is 1. The van der Waals surface area contributed by atoms with E-state index < -0.39 is 6.10 Å². The van der Waals surface area contributed by atoms with Gasteiger partial charge in [0.25, 0.3) is 5.91 Å². The summed E-state index contributed by atoms with van der Waals surface area (Å²) in [7, 11) is 0. The summed E-state index contributed by atoms with van der Waals surface area (Å²) in [5, 5.41) is 14.5. The molecule has 4 rings (SSSR count). The lowest BCUT2D eigenvalue weighted by molar-refractivity contribution is 0.0348. The highest BCUT2D eigenvalue weighted by atomic mass is 32.1. The van der Waals surface area contributed by atoms with Gasteiger partial charge in [0, 0.05) is 30.4 Å². The number of aromatic nitrogens is 3. The zero-order valence-corrected chi connectivity index (χ0v) is 15.4. The molecule has 26 heavy (non-hydrogen) atoms. The van der Waals surface area contributed by atoms with Crippen molar-refractivity contribution in [3.8, 4) is 0 Å². The van der Waals surface area contributed by atoms with Gasteiger partial charge in [-0.1, -0.05) is 0 Å². The molecule has 2 atom stereocenters. The summed E-state index contributed by atoms with van der Waals surface area (Å²) in [6, 6.07) is -0.259. The van der Waals surface area contributed by atoms with Crippen molar-refractivity contribution in [2.24, 2.45) is 0 Å². The van der Waals surface area contributed by atoms with E-state index in [9.17, 15) is 9.90 Å². The second kappa shape index (κ2) is 7.77. The summed E-state index contributed by atoms with van der Waals surface area (Å²) in [6.45, 7) is 2.14. The lowest BCUT2D eigenvalue weighted by atomic mass is 10.0. The molecule has 138 valence electrons. The van der Waals surface area contributed by atoms with Gasteiger partial charge in [-0.3, -0.25) is 14.7 Å².